The SMILES string of the molecule is CC1(C2CCC2)CC(=O)N(CC(=O)O)N1. The van der Waals surface area contributed by atoms with Gasteiger partial charge in [-0.25, -0.2) is 5.43 Å². The lowest BCUT2D eigenvalue weighted by Gasteiger charge is -2.39. The second kappa shape index (κ2) is 3.48. The first-order chi connectivity index (χ1) is 7.01. The van der Waals surface area contributed by atoms with Crippen molar-refractivity contribution >= 4 is 11.9 Å². The standard InChI is InChI=1S/C10H16N2O3/c1-10(7-3-2-4-7)5-8(13)12(11-10)6-9(14)15/h7,11H,2-6H2,1H3,(H,14,15). The Morgan fingerprint density at radius 1 is 1.67 bits per heavy atom. The normalized spacial score (nSPS) is 31.8. The van der Waals surface area contributed by atoms with Crippen molar-refractivity contribution in [1.82, 2.24) is 10.4 Å². The molecule has 15 heavy (non-hydrogen) atoms. The molecule has 0 spiro atoms. The van der Waals surface area contributed by atoms with Crippen LogP contribution in [0.3, 0.4) is 0 Å². The van der Waals surface area contributed by atoms with E-state index in [9.17, 15) is 9.59 Å². The number of carboxylic acid groups (broad SMARTS) is 1. The van der Waals surface area contributed by atoms with Gasteiger partial charge in [-0.05, 0) is 25.7 Å². The lowest BCUT2D eigenvalue weighted by Crippen LogP contribution is -2.52. The van der Waals surface area contributed by atoms with Gasteiger partial charge in [0, 0.05) is 12.0 Å². The van der Waals surface area contributed by atoms with Crippen LogP contribution in [0.15, 0.2) is 0 Å². The van der Waals surface area contributed by atoms with Gasteiger partial charge in [0.2, 0.25) is 5.91 Å². The Bertz CT molecular complexity index is 301. The lowest BCUT2D eigenvalue weighted by molar-refractivity contribution is -0.144. The number of rotatable bonds is 3. The van der Waals surface area contributed by atoms with Crippen molar-refractivity contribution < 1.29 is 14.7 Å². The molecule has 1 aliphatic carbocycles. The van der Waals surface area contributed by atoms with Crippen LogP contribution >= 0.6 is 0 Å². The average Bonchev–Trinajstić information content (AvgIpc) is 2.21. The first-order valence-corrected chi connectivity index (χ1v) is 5.31. The van der Waals surface area contributed by atoms with Crippen LogP contribution in [0.1, 0.15) is 32.6 Å². The monoisotopic (exact) mass is 212 g/mol. The molecule has 1 aliphatic heterocycles. The fourth-order valence-corrected chi connectivity index (χ4v) is 2.36. The maximum absolute atomic E-state index is 11.6. The minimum atomic E-state index is -0.978. The molecule has 2 aliphatic rings. The first-order valence-electron chi connectivity index (χ1n) is 5.31. The second-order valence-electron chi connectivity index (χ2n) is 4.71. The summed E-state index contributed by atoms with van der Waals surface area (Å²) in [6, 6.07) is 0. The summed E-state index contributed by atoms with van der Waals surface area (Å²) in [6.45, 7) is 1.76. The summed E-state index contributed by atoms with van der Waals surface area (Å²) < 4.78 is 0. The molecule has 0 radical (unpaired) electrons. The van der Waals surface area contributed by atoms with Gasteiger partial charge in [0.15, 0.2) is 0 Å². The van der Waals surface area contributed by atoms with Crippen LogP contribution in [-0.4, -0.2) is 34.1 Å². The van der Waals surface area contributed by atoms with Crippen LogP contribution in [0.4, 0.5) is 0 Å². The molecule has 0 aromatic rings. The quantitative estimate of drug-likeness (QED) is 0.709. The van der Waals surface area contributed by atoms with E-state index in [2.05, 4.69) is 5.43 Å². The van der Waals surface area contributed by atoms with Gasteiger partial charge in [-0.2, -0.15) is 0 Å². The summed E-state index contributed by atoms with van der Waals surface area (Å²) in [6.07, 6.45) is 3.91. The number of hydrazine groups is 1. The molecule has 2 rings (SSSR count). The Kier molecular flexibility index (Phi) is 2.42. The molecule has 1 heterocycles. The van der Waals surface area contributed by atoms with Gasteiger partial charge in [-0.15, -0.1) is 0 Å². The minimum Gasteiger partial charge on any atom is -0.480 e. The second-order valence-corrected chi connectivity index (χ2v) is 4.71. The molecule has 1 atom stereocenters. The largest absolute Gasteiger partial charge is 0.480 e. The summed E-state index contributed by atoms with van der Waals surface area (Å²) >= 11 is 0. The lowest BCUT2D eigenvalue weighted by atomic mass is 9.71. The van der Waals surface area contributed by atoms with Crippen LogP contribution in [-0.2, 0) is 9.59 Å². The molecular weight excluding hydrogens is 196 g/mol. The van der Waals surface area contributed by atoms with E-state index in [-0.39, 0.29) is 18.0 Å². The van der Waals surface area contributed by atoms with Crippen LogP contribution in [0.5, 0.6) is 0 Å². The third kappa shape index (κ3) is 1.84. The van der Waals surface area contributed by atoms with E-state index in [1.165, 1.54) is 11.4 Å². The molecule has 1 unspecified atom stereocenters. The topological polar surface area (TPSA) is 69.6 Å². The Morgan fingerprint density at radius 2 is 2.33 bits per heavy atom. The minimum absolute atomic E-state index is 0.105. The van der Waals surface area contributed by atoms with Crippen molar-refractivity contribution in [3.63, 3.8) is 0 Å². The van der Waals surface area contributed by atoms with E-state index in [4.69, 9.17) is 5.11 Å². The average molecular weight is 212 g/mol. The zero-order valence-corrected chi connectivity index (χ0v) is 8.82. The molecule has 1 saturated carbocycles. The molecule has 1 amide bonds. The summed E-state index contributed by atoms with van der Waals surface area (Å²) in [4.78, 5) is 22.1. The molecule has 5 heteroatoms. The summed E-state index contributed by atoms with van der Waals surface area (Å²) in [5, 5.41) is 9.87. The van der Waals surface area contributed by atoms with Crippen LogP contribution in [0.25, 0.3) is 0 Å². The van der Waals surface area contributed by atoms with Crippen LogP contribution in [0.2, 0.25) is 0 Å². The van der Waals surface area contributed by atoms with E-state index in [1.807, 2.05) is 6.92 Å². The maximum Gasteiger partial charge on any atom is 0.324 e. The highest BCUT2D eigenvalue weighted by atomic mass is 16.4. The third-order valence-electron chi connectivity index (χ3n) is 3.51. The number of amides is 1. The molecule has 0 aromatic heterocycles. The Balaban J connectivity index is 2.01. The highest BCUT2D eigenvalue weighted by Crippen LogP contribution is 2.40. The van der Waals surface area contributed by atoms with E-state index in [0.717, 1.165) is 12.8 Å². The summed E-state index contributed by atoms with van der Waals surface area (Å²) in [7, 11) is 0. The van der Waals surface area contributed by atoms with Crippen molar-refractivity contribution in [2.75, 3.05) is 6.54 Å². The zero-order chi connectivity index (χ0) is 11.1. The van der Waals surface area contributed by atoms with E-state index < -0.39 is 5.97 Å². The van der Waals surface area contributed by atoms with Crippen molar-refractivity contribution in [2.45, 2.75) is 38.1 Å². The predicted octanol–water partition coefficient (Wildman–Crippen LogP) is 0.367. The number of nitrogens with one attached hydrogen (secondary N) is 1. The first kappa shape index (κ1) is 10.4. The number of carbonyl (C=O) groups excluding carboxylic acids is 1. The Hall–Kier alpha value is -1.10. The molecule has 0 aromatic carbocycles. The number of nitrogens with zero attached hydrogens (tertiary/aromatic N) is 1. The molecule has 5 nitrogen and oxygen atoms in total. The van der Waals surface area contributed by atoms with Gasteiger partial charge >= 0.3 is 5.97 Å². The van der Waals surface area contributed by atoms with E-state index in [1.54, 1.807) is 0 Å². The molecule has 2 fully saturated rings. The van der Waals surface area contributed by atoms with Gasteiger partial charge in [-0.1, -0.05) is 6.42 Å². The maximum atomic E-state index is 11.6. The number of hydrogen-bond acceptors (Lipinski definition) is 3. The van der Waals surface area contributed by atoms with Gasteiger partial charge < -0.3 is 5.11 Å². The van der Waals surface area contributed by atoms with Crippen molar-refractivity contribution in [1.29, 1.82) is 0 Å². The highest BCUT2D eigenvalue weighted by Gasteiger charge is 2.46. The third-order valence-corrected chi connectivity index (χ3v) is 3.51. The summed E-state index contributed by atoms with van der Waals surface area (Å²) in [5.74, 6) is -0.569. The van der Waals surface area contributed by atoms with Crippen molar-refractivity contribution in [3.05, 3.63) is 0 Å². The van der Waals surface area contributed by atoms with Crippen molar-refractivity contribution in [2.24, 2.45) is 5.92 Å². The smallest absolute Gasteiger partial charge is 0.324 e. The number of carbonyl (C=O) groups is 2. The summed E-state index contributed by atoms with van der Waals surface area (Å²) in [5.41, 5.74) is 2.84. The van der Waals surface area contributed by atoms with Gasteiger partial charge in [0.25, 0.3) is 0 Å². The fraction of sp³-hybridized carbons (Fsp3) is 0.800. The number of hydrogen-bond donors (Lipinski definition) is 2. The molecular formula is C10H16N2O3. The fourth-order valence-electron chi connectivity index (χ4n) is 2.36. The molecule has 1 saturated heterocycles. The number of aliphatic carboxylic acids is 1. The number of carboxylic acids is 1. The Labute approximate surface area is 88.4 Å². The van der Waals surface area contributed by atoms with E-state index >= 15 is 0 Å². The van der Waals surface area contributed by atoms with Crippen molar-refractivity contribution in [3.8, 4) is 0 Å². The Morgan fingerprint density at radius 3 is 2.80 bits per heavy atom. The molecule has 2 N–H and O–H groups in total. The van der Waals surface area contributed by atoms with Crippen LogP contribution in [0, 0.1) is 5.92 Å². The van der Waals surface area contributed by atoms with Gasteiger partial charge in [-0.3, -0.25) is 14.6 Å². The van der Waals surface area contributed by atoms with E-state index in [0.29, 0.717) is 12.3 Å². The highest BCUT2D eigenvalue weighted by molar-refractivity contribution is 5.83. The van der Waals surface area contributed by atoms with Gasteiger partial charge in [0.05, 0.1) is 0 Å². The van der Waals surface area contributed by atoms with Gasteiger partial charge in [0.1, 0.15) is 6.54 Å². The molecule has 0 bridgehead atoms. The predicted molar refractivity (Wildman–Crippen MR) is 52.8 cm³/mol. The van der Waals surface area contributed by atoms with Crippen LogP contribution < -0.4 is 5.43 Å². The zero-order valence-electron chi connectivity index (χ0n) is 8.82. The molecule has 84 valence electrons.